The molecule has 0 aliphatic carbocycles. The molecule has 1 aromatic carbocycles. The zero-order valence-electron chi connectivity index (χ0n) is 23.8. The molecule has 0 saturated carbocycles. The van der Waals surface area contributed by atoms with Crippen LogP contribution in [-0.2, 0) is 9.59 Å². The SMILES string of the molecule is CC(C)(C)C.CCC.CCCCN(C)CC1=C(C)N=C(c2ccc(Cl)cc2F)C1.NC(=O)CNC=O. The summed E-state index contributed by atoms with van der Waals surface area (Å²) >= 11 is 5.80. The highest BCUT2D eigenvalue weighted by Gasteiger charge is 2.20. The summed E-state index contributed by atoms with van der Waals surface area (Å²) in [5, 5.41) is 2.51. The maximum Gasteiger partial charge on any atom is 0.236 e. The number of unbranched alkanes of at least 4 members (excludes halogenated alkanes) is 1. The van der Waals surface area contributed by atoms with Crippen LogP contribution in [0.5, 0.6) is 0 Å². The monoisotopic (exact) mass is 526 g/mol. The van der Waals surface area contributed by atoms with E-state index in [0.29, 0.717) is 22.4 Å². The number of carbonyl (C=O) groups excluding carboxylic acids is 2. The van der Waals surface area contributed by atoms with Gasteiger partial charge in [-0.1, -0.05) is 72.9 Å². The van der Waals surface area contributed by atoms with E-state index < -0.39 is 5.91 Å². The van der Waals surface area contributed by atoms with Crippen molar-refractivity contribution in [1.29, 1.82) is 0 Å². The van der Waals surface area contributed by atoms with E-state index in [-0.39, 0.29) is 12.4 Å². The fraction of sp³-hybridized carbons (Fsp3) is 0.607. The van der Waals surface area contributed by atoms with Gasteiger partial charge in [-0.2, -0.15) is 0 Å². The van der Waals surface area contributed by atoms with E-state index >= 15 is 0 Å². The number of aliphatic imine (C=N–C) groups is 1. The Bertz CT molecular complexity index is 842. The summed E-state index contributed by atoms with van der Waals surface area (Å²) in [6.45, 7) is 19.1. The van der Waals surface area contributed by atoms with Gasteiger partial charge in [0.25, 0.3) is 0 Å². The van der Waals surface area contributed by atoms with Crippen molar-refractivity contribution < 1.29 is 14.0 Å². The van der Waals surface area contributed by atoms with Crippen LogP contribution in [0.1, 0.15) is 86.6 Å². The maximum atomic E-state index is 14.0. The van der Waals surface area contributed by atoms with Crippen molar-refractivity contribution in [2.75, 3.05) is 26.7 Å². The molecule has 0 radical (unpaired) electrons. The zero-order chi connectivity index (χ0) is 28.3. The third-order valence-corrected chi connectivity index (χ3v) is 4.39. The number of nitrogens with zero attached hydrogens (tertiary/aromatic N) is 2. The molecule has 1 aliphatic heterocycles. The lowest BCUT2D eigenvalue weighted by Gasteiger charge is -2.17. The van der Waals surface area contributed by atoms with Crippen LogP contribution in [0.3, 0.4) is 0 Å². The highest BCUT2D eigenvalue weighted by atomic mass is 35.5. The number of carbonyl (C=O) groups is 2. The normalized spacial score (nSPS) is 12.4. The number of nitrogens with two attached hydrogens (primary N) is 1. The van der Waals surface area contributed by atoms with Crippen LogP contribution < -0.4 is 11.1 Å². The summed E-state index contributed by atoms with van der Waals surface area (Å²) in [6, 6.07) is 4.77. The van der Waals surface area contributed by atoms with Gasteiger partial charge in [0.1, 0.15) is 5.82 Å². The first-order valence-electron chi connectivity index (χ1n) is 12.5. The molecule has 2 rings (SSSR count). The summed E-state index contributed by atoms with van der Waals surface area (Å²) in [5.41, 5.74) is 8.78. The minimum Gasteiger partial charge on any atom is -0.368 e. The first kappa shape index (κ1) is 35.9. The minimum absolute atomic E-state index is 0.0799. The summed E-state index contributed by atoms with van der Waals surface area (Å²) in [6.07, 6.45) is 4.79. The molecule has 36 heavy (non-hydrogen) atoms. The van der Waals surface area contributed by atoms with Gasteiger partial charge in [-0.25, -0.2) is 4.39 Å². The lowest BCUT2D eigenvalue weighted by molar-refractivity contribution is -0.119. The third kappa shape index (κ3) is 20.0. The van der Waals surface area contributed by atoms with Crippen LogP contribution >= 0.6 is 11.6 Å². The number of allylic oxidation sites excluding steroid dienone is 1. The number of hydrogen-bond donors (Lipinski definition) is 2. The van der Waals surface area contributed by atoms with Crippen molar-refractivity contribution >= 4 is 29.6 Å². The number of hydrogen-bond acceptors (Lipinski definition) is 4. The van der Waals surface area contributed by atoms with Crippen LogP contribution in [0, 0.1) is 11.2 Å². The van der Waals surface area contributed by atoms with Gasteiger partial charge in [0.15, 0.2) is 0 Å². The van der Waals surface area contributed by atoms with Gasteiger partial charge in [0.2, 0.25) is 12.3 Å². The topological polar surface area (TPSA) is 87.8 Å². The number of likely N-dealkylation sites (N-methyl/N-ethyl adjacent to an activating group) is 1. The van der Waals surface area contributed by atoms with E-state index in [4.69, 9.17) is 11.6 Å². The maximum absolute atomic E-state index is 14.0. The van der Waals surface area contributed by atoms with E-state index in [2.05, 4.69) is 76.5 Å². The van der Waals surface area contributed by atoms with Crippen molar-refractivity contribution in [3.05, 3.63) is 45.9 Å². The molecule has 0 saturated heterocycles. The molecule has 1 heterocycles. The summed E-state index contributed by atoms with van der Waals surface area (Å²) < 4.78 is 14.0. The lowest BCUT2D eigenvalue weighted by Crippen LogP contribution is -2.27. The average Bonchev–Trinajstić information content (AvgIpc) is 3.10. The number of halogens is 2. The Morgan fingerprint density at radius 2 is 1.81 bits per heavy atom. The van der Waals surface area contributed by atoms with Gasteiger partial charge in [-0.05, 0) is 56.1 Å². The second kappa shape index (κ2) is 19.9. The molecule has 6 nitrogen and oxygen atoms in total. The van der Waals surface area contributed by atoms with E-state index in [0.717, 1.165) is 30.9 Å². The van der Waals surface area contributed by atoms with Crippen LogP contribution in [0.2, 0.25) is 5.02 Å². The van der Waals surface area contributed by atoms with Crippen molar-refractivity contribution in [3.63, 3.8) is 0 Å². The van der Waals surface area contributed by atoms with Gasteiger partial charge in [-0.15, -0.1) is 0 Å². The van der Waals surface area contributed by atoms with E-state index in [1.165, 1.54) is 30.9 Å². The van der Waals surface area contributed by atoms with E-state index in [1.807, 2.05) is 6.92 Å². The summed E-state index contributed by atoms with van der Waals surface area (Å²) in [5.74, 6) is -0.832. The average molecular weight is 527 g/mol. The Hall–Kier alpha value is -2.25. The molecule has 0 spiro atoms. The van der Waals surface area contributed by atoms with E-state index in [9.17, 15) is 14.0 Å². The first-order chi connectivity index (χ1) is 16.7. The number of amides is 2. The molecule has 3 N–H and O–H groups in total. The molecule has 0 fully saturated rings. The number of nitrogens with one attached hydrogen (secondary N) is 1. The molecule has 1 aromatic rings. The van der Waals surface area contributed by atoms with Crippen LogP contribution in [-0.4, -0.2) is 49.6 Å². The standard InChI is InChI=1S/C17H22ClFN2.C5H12.C3H6N2O2.C3H8/c1-4-5-8-21(3)11-13-9-17(20-12(13)2)15-7-6-14(18)10-16(15)19;1-5(2,3)4;4-3(7)1-5-2-6;1-3-2/h6-7,10H,4-5,8-9,11H2,1-3H3;1-4H3;2H,1H2,(H2,4,7)(H,5,6);3H2,1-2H3. The van der Waals surface area contributed by atoms with Crippen molar-refractivity contribution in [2.45, 2.75) is 81.1 Å². The number of benzene rings is 1. The lowest BCUT2D eigenvalue weighted by atomic mass is 10.0. The van der Waals surface area contributed by atoms with Gasteiger partial charge < -0.3 is 16.0 Å². The van der Waals surface area contributed by atoms with Gasteiger partial charge in [-0.3, -0.25) is 14.6 Å². The molecule has 2 amide bonds. The number of rotatable bonds is 9. The smallest absolute Gasteiger partial charge is 0.236 e. The van der Waals surface area contributed by atoms with Crippen LogP contribution in [0.25, 0.3) is 0 Å². The zero-order valence-corrected chi connectivity index (χ0v) is 24.6. The largest absolute Gasteiger partial charge is 0.368 e. The molecule has 1 aliphatic rings. The molecule has 8 heteroatoms. The predicted octanol–water partition coefficient (Wildman–Crippen LogP) is 6.36. The molecule has 0 bridgehead atoms. The third-order valence-electron chi connectivity index (χ3n) is 4.15. The molecular formula is C28H48ClFN4O2. The molecule has 0 atom stereocenters. The Morgan fingerprint density at radius 3 is 2.22 bits per heavy atom. The van der Waals surface area contributed by atoms with Crippen LogP contribution in [0.4, 0.5) is 4.39 Å². The number of primary amides is 1. The fourth-order valence-electron chi connectivity index (χ4n) is 2.68. The van der Waals surface area contributed by atoms with E-state index in [1.54, 1.807) is 12.1 Å². The Balaban J connectivity index is 0. The predicted molar refractivity (Wildman–Crippen MR) is 152 cm³/mol. The molecular weight excluding hydrogens is 479 g/mol. The molecule has 0 aromatic heterocycles. The molecule has 0 unspecified atom stereocenters. The highest BCUT2D eigenvalue weighted by Crippen LogP contribution is 2.26. The van der Waals surface area contributed by atoms with Crippen LogP contribution in [0.15, 0.2) is 34.5 Å². The second-order valence-electron chi connectivity index (χ2n) is 10.3. The summed E-state index contributed by atoms with van der Waals surface area (Å²) in [4.78, 5) is 26.0. The Morgan fingerprint density at radius 1 is 1.25 bits per heavy atom. The minimum atomic E-state index is -0.535. The quantitative estimate of drug-likeness (QED) is 0.367. The highest BCUT2D eigenvalue weighted by molar-refractivity contribution is 6.30. The van der Waals surface area contributed by atoms with Crippen molar-refractivity contribution in [2.24, 2.45) is 16.1 Å². The summed E-state index contributed by atoms with van der Waals surface area (Å²) in [7, 11) is 2.12. The van der Waals surface area contributed by atoms with Gasteiger partial charge in [0, 0.05) is 29.2 Å². The fourth-order valence-corrected chi connectivity index (χ4v) is 2.83. The molecule has 206 valence electrons. The van der Waals surface area contributed by atoms with Gasteiger partial charge >= 0.3 is 0 Å². The van der Waals surface area contributed by atoms with Crippen molar-refractivity contribution in [3.8, 4) is 0 Å². The second-order valence-corrected chi connectivity index (χ2v) is 10.7. The van der Waals surface area contributed by atoms with Gasteiger partial charge in [0.05, 0.1) is 12.3 Å². The Labute approximate surface area is 223 Å². The first-order valence-corrected chi connectivity index (χ1v) is 12.9. The van der Waals surface area contributed by atoms with Crippen molar-refractivity contribution in [1.82, 2.24) is 10.2 Å². The Kier molecular flexibility index (Phi) is 19.8.